The number of nitrogens with zero attached hydrogens (tertiary/aromatic N) is 1. The predicted octanol–water partition coefficient (Wildman–Crippen LogP) is 3.81. The lowest BCUT2D eigenvalue weighted by atomic mass is 9.95. The van der Waals surface area contributed by atoms with E-state index < -0.39 is 0 Å². The molecule has 0 saturated heterocycles. The van der Waals surface area contributed by atoms with Crippen molar-refractivity contribution < 1.29 is 0 Å². The summed E-state index contributed by atoms with van der Waals surface area (Å²) in [6.07, 6.45) is 6.32. The Labute approximate surface area is 104 Å². The van der Waals surface area contributed by atoms with Gasteiger partial charge < -0.3 is 5.32 Å². The van der Waals surface area contributed by atoms with Crippen LogP contribution in [-0.4, -0.2) is 16.4 Å². The maximum Gasteiger partial charge on any atom is 0.126 e. The van der Waals surface area contributed by atoms with Crippen molar-refractivity contribution in [2.75, 3.05) is 5.32 Å². The summed E-state index contributed by atoms with van der Waals surface area (Å²) in [7, 11) is 0. The molecular formula is C11H14BrClN2. The Kier molecular flexibility index (Phi) is 3.87. The van der Waals surface area contributed by atoms with E-state index in [2.05, 4.69) is 26.2 Å². The second-order valence-electron chi connectivity index (χ2n) is 3.95. The second kappa shape index (κ2) is 5.17. The van der Waals surface area contributed by atoms with E-state index in [-0.39, 0.29) is 0 Å². The van der Waals surface area contributed by atoms with Crippen molar-refractivity contribution >= 4 is 33.3 Å². The van der Waals surface area contributed by atoms with E-state index in [4.69, 9.17) is 11.6 Å². The summed E-state index contributed by atoms with van der Waals surface area (Å²) < 4.78 is 1.01. The van der Waals surface area contributed by atoms with Gasteiger partial charge in [0.2, 0.25) is 0 Å². The third-order valence-corrected chi connectivity index (χ3v) is 3.64. The highest BCUT2D eigenvalue weighted by Crippen LogP contribution is 2.25. The lowest BCUT2D eigenvalue weighted by Gasteiger charge is -2.26. The normalized spacial score (nSPS) is 26.3. The van der Waals surface area contributed by atoms with E-state index in [1.165, 1.54) is 0 Å². The molecule has 1 heterocycles. The molecule has 82 valence electrons. The van der Waals surface area contributed by atoms with Crippen LogP contribution in [0.2, 0.25) is 0 Å². The average Bonchev–Trinajstić information content (AvgIpc) is 2.25. The summed E-state index contributed by atoms with van der Waals surface area (Å²) in [5.74, 6) is 0.955. The molecule has 0 atom stereocenters. The molecule has 0 aliphatic heterocycles. The van der Waals surface area contributed by atoms with Crippen molar-refractivity contribution in [2.45, 2.75) is 37.1 Å². The van der Waals surface area contributed by atoms with Gasteiger partial charge in [0.25, 0.3) is 0 Å². The molecule has 0 radical (unpaired) electrons. The van der Waals surface area contributed by atoms with E-state index in [0.717, 1.165) is 36.0 Å². The summed E-state index contributed by atoms with van der Waals surface area (Å²) >= 11 is 9.43. The second-order valence-corrected chi connectivity index (χ2v) is 5.49. The van der Waals surface area contributed by atoms with Crippen molar-refractivity contribution in [2.24, 2.45) is 0 Å². The highest BCUT2D eigenvalue weighted by Gasteiger charge is 2.19. The van der Waals surface area contributed by atoms with Gasteiger partial charge >= 0.3 is 0 Å². The van der Waals surface area contributed by atoms with Gasteiger partial charge in [0.1, 0.15) is 5.82 Å². The molecule has 0 aromatic carbocycles. The molecule has 4 heteroatoms. The maximum atomic E-state index is 6.06. The van der Waals surface area contributed by atoms with E-state index in [1.54, 1.807) is 0 Å². The van der Waals surface area contributed by atoms with Crippen LogP contribution in [0.15, 0.2) is 22.8 Å². The van der Waals surface area contributed by atoms with Crippen molar-refractivity contribution in [3.05, 3.63) is 22.8 Å². The largest absolute Gasteiger partial charge is 0.367 e. The van der Waals surface area contributed by atoms with Crippen LogP contribution >= 0.6 is 27.5 Å². The van der Waals surface area contributed by atoms with Gasteiger partial charge in [0, 0.05) is 22.1 Å². The van der Waals surface area contributed by atoms with E-state index >= 15 is 0 Å². The average molecular weight is 290 g/mol. The Bertz CT molecular complexity index is 307. The quantitative estimate of drug-likeness (QED) is 0.838. The van der Waals surface area contributed by atoms with Crippen molar-refractivity contribution in [3.8, 4) is 0 Å². The highest BCUT2D eigenvalue weighted by molar-refractivity contribution is 9.10. The molecule has 1 fully saturated rings. The summed E-state index contributed by atoms with van der Waals surface area (Å²) in [6, 6.07) is 4.54. The molecule has 2 nitrogen and oxygen atoms in total. The number of pyridine rings is 1. The zero-order chi connectivity index (χ0) is 10.7. The number of alkyl halides is 1. The first kappa shape index (κ1) is 11.2. The topological polar surface area (TPSA) is 24.9 Å². The molecule has 15 heavy (non-hydrogen) atoms. The molecule has 0 spiro atoms. The Morgan fingerprint density at radius 1 is 1.27 bits per heavy atom. The molecule has 1 N–H and O–H groups in total. The third kappa shape index (κ3) is 3.35. The molecule has 0 unspecified atom stereocenters. The first-order chi connectivity index (χ1) is 7.24. The number of hydrogen-bond donors (Lipinski definition) is 1. The summed E-state index contributed by atoms with van der Waals surface area (Å²) in [5.41, 5.74) is 0. The molecule has 1 aromatic rings. The fourth-order valence-electron chi connectivity index (χ4n) is 1.87. The monoisotopic (exact) mass is 288 g/mol. The van der Waals surface area contributed by atoms with Crippen LogP contribution < -0.4 is 5.32 Å². The number of aromatic nitrogens is 1. The molecule has 1 aromatic heterocycles. The summed E-state index contributed by atoms with van der Waals surface area (Å²) in [6.45, 7) is 0. The minimum atomic E-state index is 0.376. The Hall–Kier alpha value is -0.280. The number of hydrogen-bond acceptors (Lipinski definition) is 2. The van der Waals surface area contributed by atoms with Gasteiger partial charge in [-0.3, -0.25) is 0 Å². The lowest BCUT2D eigenvalue weighted by Crippen LogP contribution is -2.26. The van der Waals surface area contributed by atoms with Crippen LogP contribution in [0.1, 0.15) is 25.7 Å². The van der Waals surface area contributed by atoms with Crippen LogP contribution in [0.3, 0.4) is 0 Å². The van der Waals surface area contributed by atoms with Crippen LogP contribution in [0, 0.1) is 0 Å². The first-order valence-electron chi connectivity index (χ1n) is 5.26. The summed E-state index contributed by atoms with van der Waals surface area (Å²) in [4.78, 5) is 4.30. The molecule has 2 rings (SSSR count). The Morgan fingerprint density at radius 2 is 2.00 bits per heavy atom. The maximum absolute atomic E-state index is 6.06. The van der Waals surface area contributed by atoms with E-state index in [0.29, 0.717) is 11.4 Å². The van der Waals surface area contributed by atoms with Gasteiger partial charge in [-0.2, -0.15) is 0 Å². The predicted molar refractivity (Wildman–Crippen MR) is 67.5 cm³/mol. The molecule has 0 amide bonds. The zero-order valence-corrected chi connectivity index (χ0v) is 10.8. The molecule has 0 bridgehead atoms. The smallest absolute Gasteiger partial charge is 0.126 e. The van der Waals surface area contributed by atoms with Crippen LogP contribution in [-0.2, 0) is 0 Å². The number of nitrogens with one attached hydrogen (secondary N) is 1. The van der Waals surface area contributed by atoms with Gasteiger partial charge in [0.05, 0.1) is 0 Å². The highest BCUT2D eigenvalue weighted by atomic mass is 79.9. The standard InChI is InChI=1S/C11H14BrClN2/c12-8-1-6-11(14-7-8)15-10-4-2-9(13)3-5-10/h1,6-7,9-10H,2-5H2,(H,14,15). The minimum absolute atomic E-state index is 0.376. The van der Waals surface area contributed by atoms with Crippen molar-refractivity contribution in [1.82, 2.24) is 4.98 Å². The SMILES string of the molecule is ClC1CCC(Nc2ccc(Br)cn2)CC1. The van der Waals surface area contributed by atoms with E-state index in [1.807, 2.05) is 18.3 Å². The Balaban J connectivity index is 1.89. The van der Waals surface area contributed by atoms with Crippen LogP contribution in [0.5, 0.6) is 0 Å². The number of halogens is 2. The van der Waals surface area contributed by atoms with E-state index in [9.17, 15) is 0 Å². The molecule has 1 saturated carbocycles. The first-order valence-corrected chi connectivity index (χ1v) is 6.49. The Morgan fingerprint density at radius 3 is 2.60 bits per heavy atom. The fraction of sp³-hybridized carbons (Fsp3) is 0.545. The van der Waals surface area contributed by atoms with Gasteiger partial charge in [-0.15, -0.1) is 11.6 Å². The number of rotatable bonds is 2. The van der Waals surface area contributed by atoms with Gasteiger partial charge in [0.15, 0.2) is 0 Å². The van der Waals surface area contributed by atoms with Crippen molar-refractivity contribution in [3.63, 3.8) is 0 Å². The molecule has 1 aliphatic carbocycles. The lowest BCUT2D eigenvalue weighted by molar-refractivity contribution is 0.467. The fourth-order valence-corrected chi connectivity index (χ4v) is 2.35. The minimum Gasteiger partial charge on any atom is -0.367 e. The van der Waals surface area contributed by atoms with Crippen LogP contribution in [0.4, 0.5) is 5.82 Å². The van der Waals surface area contributed by atoms with Gasteiger partial charge in [-0.05, 0) is 53.7 Å². The van der Waals surface area contributed by atoms with Crippen molar-refractivity contribution in [1.29, 1.82) is 0 Å². The zero-order valence-electron chi connectivity index (χ0n) is 8.42. The van der Waals surface area contributed by atoms with Crippen LogP contribution in [0.25, 0.3) is 0 Å². The molecule has 1 aliphatic rings. The third-order valence-electron chi connectivity index (χ3n) is 2.74. The summed E-state index contributed by atoms with van der Waals surface area (Å²) in [5, 5.41) is 3.81. The molecular weight excluding hydrogens is 275 g/mol. The number of anilines is 1. The van der Waals surface area contributed by atoms with Gasteiger partial charge in [-0.1, -0.05) is 0 Å². The van der Waals surface area contributed by atoms with Gasteiger partial charge in [-0.25, -0.2) is 4.98 Å².